The molecule has 0 amide bonds. The average molecular weight is 375 g/mol. The molecule has 2 aromatic rings. The number of carboxylic acid groups (broad SMARTS) is 1. The highest BCUT2D eigenvalue weighted by atomic mass is 28.3. The van der Waals surface area contributed by atoms with E-state index in [1.165, 1.54) is 6.33 Å². The lowest BCUT2D eigenvalue weighted by Gasteiger charge is -2.23. The molecule has 2 aromatic heterocycles. The summed E-state index contributed by atoms with van der Waals surface area (Å²) in [6, 6.07) is 1.08. The largest absolute Gasteiger partial charge is 0.476 e. The van der Waals surface area contributed by atoms with E-state index < -0.39 is 14.0 Å². The van der Waals surface area contributed by atoms with Crippen LogP contribution in [-0.4, -0.2) is 45.5 Å². The summed E-state index contributed by atoms with van der Waals surface area (Å²) in [7, 11) is -1.15. The maximum absolute atomic E-state index is 11.6. The zero-order valence-electron chi connectivity index (χ0n) is 15.6. The molecule has 3 rings (SSSR count). The summed E-state index contributed by atoms with van der Waals surface area (Å²) in [4.78, 5) is 19.8. The fourth-order valence-corrected chi connectivity index (χ4v) is 4.05. The molecule has 0 saturated carbocycles. The first kappa shape index (κ1) is 18.7. The average Bonchev–Trinajstić information content (AvgIpc) is 2.97. The van der Waals surface area contributed by atoms with Gasteiger partial charge >= 0.3 is 5.97 Å². The van der Waals surface area contributed by atoms with Crippen LogP contribution in [0.5, 0.6) is 0 Å². The zero-order chi connectivity index (χ0) is 18.7. The third-order valence-corrected chi connectivity index (χ3v) is 6.52. The second kappa shape index (κ2) is 7.67. The number of hydrogen-bond donors (Lipinski definition) is 1. The van der Waals surface area contributed by atoms with E-state index in [0.29, 0.717) is 19.8 Å². The Morgan fingerprint density at radius 1 is 1.35 bits per heavy atom. The number of ether oxygens (including phenoxy) is 1. The lowest BCUT2D eigenvalue weighted by atomic mass is 9.83. The van der Waals surface area contributed by atoms with Crippen molar-refractivity contribution >= 4 is 14.0 Å². The Balaban J connectivity index is 1.77. The minimum absolute atomic E-state index is 0.163. The van der Waals surface area contributed by atoms with Gasteiger partial charge in [0.2, 0.25) is 0 Å². The summed E-state index contributed by atoms with van der Waals surface area (Å²) in [5, 5.41) is 13.8. The minimum Gasteiger partial charge on any atom is -0.476 e. The van der Waals surface area contributed by atoms with E-state index in [-0.39, 0.29) is 11.6 Å². The van der Waals surface area contributed by atoms with Crippen LogP contribution in [-0.2, 0) is 24.3 Å². The standard InChI is InChI=1S/C18H26N4O3Si/c1-26(2,3)7-6-25-12-22-16-8-13(14-9-19-11-20-10-14)4-5-15(16)17(21-22)18(23)24/h9-11,13H,4-8,12H2,1-3H3,(H,23,24). The Kier molecular flexibility index (Phi) is 5.52. The first-order valence-electron chi connectivity index (χ1n) is 8.99. The van der Waals surface area contributed by atoms with Gasteiger partial charge in [-0.05, 0) is 36.8 Å². The quantitative estimate of drug-likeness (QED) is 0.592. The van der Waals surface area contributed by atoms with Crippen LogP contribution in [0.4, 0.5) is 0 Å². The molecule has 0 radical (unpaired) electrons. The molecule has 0 fully saturated rings. The van der Waals surface area contributed by atoms with Gasteiger partial charge in [-0.15, -0.1) is 0 Å². The molecule has 8 heteroatoms. The fraction of sp³-hybridized carbons (Fsp3) is 0.556. The van der Waals surface area contributed by atoms with E-state index in [1.807, 2.05) is 12.4 Å². The fourth-order valence-electron chi connectivity index (χ4n) is 3.29. The van der Waals surface area contributed by atoms with Crippen molar-refractivity contribution in [3.05, 3.63) is 41.2 Å². The molecular formula is C18H26N4O3Si. The van der Waals surface area contributed by atoms with Crippen molar-refractivity contribution in [1.82, 2.24) is 19.7 Å². The van der Waals surface area contributed by atoms with Gasteiger partial charge in [-0.2, -0.15) is 5.10 Å². The Hall–Kier alpha value is -2.06. The molecule has 0 saturated heterocycles. The van der Waals surface area contributed by atoms with Gasteiger partial charge in [0.1, 0.15) is 13.1 Å². The normalized spacial score (nSPS) is 17.1. The maximum atomic E-state index is 11.6. The number of carbonyl (C=O) groups is 1. The van der Waals surface area contributed by atoms with E-state index in [1.54, 1.807) is 4.68 Å². The highest BCUT2D eigenvalue weighted by Crippen LogP contribution is 2.33. The number of rotatable bonds is 7. The highest BCUT2D eigenvalue weighted by molar-refractivity contribution is 6.76. The van der Waals surface area contributed by atoms with Crippen molar-refractivity contribution in [2.45, 2.75) is 57.6 Å². The van der Waals surface area contributed by atoms with E-state index in [0.717, 1.165) is 35.7 Å². The van der Waals surface area contributed by atoms with Crippen LogP contribution in [0.1, 0.15) is 39.6 Å². The summed E-state index contributed by atoms with van der Waals surface area (Å²) < 4.78 is 7.55. The molecule has 26 heavy (non-hydrogen) atoms. The zero-order valence-corrected chi connectivity index (χ0v) is 16.6. The SMILES string of the molecule is C[Si](C)(C)CCOCn1nc(C(=O)O)c2c1CC(c1cncnc1)CC2. The molecule has 1 unspecified atom stereocenters. The van der Waals surface area contributed by atoms with Gasteiger partial charge in [-0.25, -0.2) is 19.4 Å². The van der Waals surface area contributed by atoms with E-state index in [2.05, 4.69) is 34.7 Å². The Labute approximate surface area is 154 Å². The summed E-state index contributed by atoms with van der Waals surface area (Å²) in [6.07, 6.45) is 7.52. The highest BCUT2D eigenvalue weighted by Gasteiger charge is 2.30. The Morgan fingerprint density at radius 3 is 2.73 bits per heavy atom. The minimum atomic E-state index is -1.15. The maximum Gasteiger partial charge on any atom is 0.356 e. The van der Waals surface area contributed by atoms with Gasteiger partial charge in [0, 0.05) is 38.3 Å². The van der Waals surface area contributed by atoms with Gasteiger partial charge in [0.25, 0.3) is 0 Å². The lowest BCUT2D eigenvalue weighted by molar-refractivity contribution is 0.0668. The van der Waals surface area contributed by atoms with Crippen molar-refractivity contribution in [3.8, 4) is 0 Å². The smallest absolute Gasteiger partial charge is 0.356 e. The van der Waals surface area contributed by atoms with Gasteiger partial charge in [-0.3, -0.25) is 0 Å². The van der Waals surface area contributed by atoms with Crippen molar-refractivity contribution in [3.63, 3.8) is 0 Å². The predicted octanol–water partition coefficient (Wildman–Crippen LogP) is 2.96. The molecule has 0 bridgehead atoms. The monoisotopic (exact) mass is 374 g/mol. The molecule has 7 nitrogen and oxygen atoms in total. The third-order valence-electron chi connectivity index (χ3n) is 4.81. The Morgan fingerprint density at radius 2 is 2.08 bits per heavy atom. The summed E-state index contributed by atoms with van der Waals surface area (Å²) in [5.41, 5.74) is 3.06. The van der Waals surface area contributed by atoms with Crippen LogP contribution in [0.3, 0.4) is 0 Å². The topological polar surface area (TPSA) is 90.1 Å². The van der Waals surface area contributed by atoms with E-state index >= 15 is 0 Å². The number of fused-ring (bicyclic) bond motifs is 1. The summed E-state index contributed by atoms with van der Waals surface area (Å²) in [6.45, 7) is 7.91. The molecule has 0 aromatic carbocycles. The molecule has 1 aliphatic rings. The van der Waals surface area contributed by atoms with Gasteiger partial charge in [0.05, 0.1) is 0 Å². The molecule has 0 spiro atoms. The predicted molar refractivity (Wildman–Crippen MR) is 100 cm³/mol. The van der Waals surface area contributed by atoms with Crippen LogP contribution in [0.25, 0.3) is 0 Å². The van der Waals surface area contributed by atoms with Crippen molar-refractivity contribution in [2.75, 3.05) is 6.61 Å². The third kappa shape index (κ3) is 4.36. The molecular weight excluding hydrogens is 348 g/mol. The molecule has 1 aliphatic carbocycles. The number of carboxylic acids is 1. The number of hydrogen-bond acceptors (Lipinski definition) is 5. The van der Waals surface area contributed by atoms with Crippen LogP contribution >= 0.6 is 0 Å². The first-order valence-corrected chi connectivity index (χ1v) is 12.7. The van der Waals surface area contributed by atoms with E-state index in [9.17, 15) is 9.90 Å². The van der Waals surface area contributed by atoms with Crippen molar-refractivity contribution in [1.29, 1.82) is 0 Å². The van der Waals surface area contributed by atoms with Gasteiger partial charge < -0.3 is 9.84 Å². The van der Waals surface area contributed by atoms with Gasteiger partial charge in [-0.1, -0.05) is 19.6 Å². The molecule has 1 atom stereocenters. The molecule has 0 aliphatic heterocycles. The summed E-state index contributed by atoms with van der Waals surface area (Å²) >= 11 is 0. The number of aromatic carboxylic acids is 1. The number of aromatic nitrogens is 4. The number of nitrogens with zero attached hydrogens (tertiary/aromatic N) is 4. The molecule has 1 N–H and O–H groups in total. The second-order valence-electron chi connectivity index (χ2n) is 8.04. The Bertz CT molecular complexity index is 771. The van der Waals surface area contributed by atoms with Crippen molar-refractivity contribution in [2.24, 2.45) is 0 Å². The molecule has 2 heterocycles. The van der Waals surface area contributed by atoms with E-state index in [4.69, 9.17) is 4.74 Å². The summed E-state index contributed by atoms with van der Waals surface area (Å²) in [5.74, 6) is -0.689. The van der Waals surface area contributed by atoms with Crippen LogP contribution in [0, 0.1) is 0 Å². The van der Waals surface area contributed by atoms with Crippen LogP contribution < -0.4 is 0 Å². The van der Waals surface area contributed by atoms with Crippen molar-refractivity contribution < 1.29 is 14.6 Å². The second-order valence-corrected chi connectivity index (χ2v) is 13.7. The molecule has 140 valence electrons. The first-order chi connectivity index (χ1) is 12.3. The van der Waals surface area contributed by atoms with Crippen LogP contribution in [0.15, 0.2) is 18.7 Å². The van der Waals surface area contributed by atoms with Gasteiger partial charge in [0.15, 0.2) is 5.69 Å². The lowest BCUT2D eigenvalue weighted by Crippen LogP contribution is -2.22. The van der Waals surface area contributed by atoms with Crippen LogP contribution in [0.2, 0.25) is 25.7 Å².